The number of hydrogen-bond donors (Lipinski definition) is 2. The van der Waals surface area contributed by atoms with Gasteiger partial charge in [0.2, 0.25) is 11.8 Å². The molecular weight excluding hydrogens is 341 g/mol. The molecule has 0 bridgehead atoms. The molecule has 2 atom stereocenters. The first-order chi connectivity index (χ1) is 11.7. The van der Waals surface area contributed by atoms with Crippen molar-refractivity contribution in [2.24, 2.45) is 17.8 Å². The summed E-state index contributed by atoms with van der Waals surface area (Å²) in [6.07, 6.45) is 0.922. The zero-order chi connectivity index (χ0) is 18.6. The summed E-state index contributed by atoms with van der Waals surface area (Å²) in [5.74, 6) is -5.77. The molecule has 25 heavy (non-hydrogen) atoms. The SMILES string of the molecule is O=C(CCC1CCCC1)NCC(=O)N1C[C@@H](C(F)(F)F)[C@H](C(=O)O)C1. The Morgan fingerprint density at radius 1 is 1.12 bits per heavy atom. The predicted molar refractivity (Wildman–Crippen MR) is 81.5 cm³/mol. The lowest BCUT2D eigenvalue weighted by Gasteiger charge is -2.18. The molecule has 1 aliphatic carbocycles. The van der Waals surface area contributed by atoms with E-state index < -0.39 is 49.5 Å². The molecule has 142 valence electrons. The molecule has 0 aromatic heterocycles. The van der Waals surface area contributed by atoms with E-state index in [0.717, 1.165) is 24.2 Å². The molecule has 1 saturated carbocycles. The third-order valence-corrected chi connectivity index (χ3v) is 5.10. The van der Waals surface area contributed by atoms with E-state index in [9.17, 15) is 27.6 Å². The molecule has 1 saturated heterocycles. The third-order valence-electron chi connectivity index (χ3n) is 5.10. The minimum Gasteiger partial charge on any atom is -0.481 e. The van der Waals surface area contributed by atoms with Gasteiger partial charge in [-0.15, -0.1) is 0 Å². The van der Waals surface area contributed by atoms with Crippen molar-refractivity contribution in [3.05, 3.63) is 0 Å². The Bertz CT molecular complexity index is 518. The number of carbonyl (C=O) groups is 3. The maximum absolute atomic E-state index is 12.9. The summed E-state index contributed by atoms with van der Waals surface area (Å²) in [4.78, 5) is 35.6. The first-order valence-electron chi connectivity index (χ1n) is 8.52. The first-order valence-corrected chi connectivity index (χ1v) is 8.52. The molecule has 2 fully saturated rings. The number of nitrogens with one attached hydrogen (secondary N) is 1. The minimum absolute atomic E-state index is 0.293. The van der Waals surface area contributed by atoms with Crippen molar-refractivity contribution in [2.45, 2.75) is 44.7 Å². The number of carboxylic acids is 1. The van der Waals surface area contributed by atoms with Gasteiger partial charge in [0.25, 0.3) is 0 Å². The Hall–Kier alpha value is -1.80. The zero-order valence-corrected chi connectivity index (χ0v) is 13.8. The topological polar surface area (TPSA) is 86.7 Å². The van der Waals surface area contributed by atoms with E-state index in [1.807, 2.05) is 0 Å². The lowest BCUT2D eigenvalue weighted by atomic mass is 9.96. The summed E-state index contributed by atoms with van der Waals surface area (Å²) in [5.41, 5.74) is 0. The van der Waals surface area contributed by atoms with Gasteiger partial charge in [0.05, 0.1) is 18.4 Å². The molecule has 2 rings (SSSR count). The standard InChI is InChI=1S/C16H23F3N2O4/c17-16(18,19)12-9-21(8-11(12)15(24)25)14(23)7-20-13(22)6-5-10-3-1-2-4-10/h10-12H,1-9H2,(H,20,22)(H,24,25)/t11-,12-/m1/s1. The van der Waals surface area contributed by atoms with Crippen LogP contribution in [0.2, 0.25) is 0 Å². The van der Waals surface area contributed by atoms with Crippen molar-refractivity contribution < 1.29 is 32.7 Å². The summed E-state index contributed by atoms with van der Waals surface area (Å²) in [6.45, 7) is -1.58. The molecule has 2 amide bonds. The maximum atomic E-state index is 12.9. The second-order valence-corrected chi connectivity index (χ2v) is 6.86. The van der Waals surface area contributed by atoms with Gasteiger partial charge in [0.15, 0.2) is 0 Å². The fraction of sp³-hybridized carbons (Fsp3) is 0.812. The van der Waals surface area contributed by atoms with Crippen molar-refractivity contribution in [1.82, 2.24) is 10.2 Å². The minimum atomic E-state index is -4.68. The van der Waals surface area contributed by atoms with Crippen LogP contribution >= 0.6 is 0 Å². The van der Waals surface area contributed by atoms with Crippen LogP contribution in [0.5, 0.6) is 0 Å². The van der Waals surface area contributed by atoms with Gasteiger partial charge in [-0.05, 0) is 12.3 Å². The van der Waals surface area contributed by atoms with E-state index in [-0.39, 0.29) is 5.91 Å². The molecule has 0 aromatic rings. The fourth-order valence-electron chi connectivity index (χ4n) is 3.60. The number of aliphatic carboxylic acids is 1. The summed E-state index contributed by atoms with van der Waals surface area (Å²) >= 11 is 0. The number of rotatable bonds is 6. The van der Waals surface area contributed by atoms with Crippen molar-refractivity contribution in [2.75, 3.05) is 19.6 Å². The normalized spacial score (nSPS) is 24.5. The number of likely N-dealkylation sites (tertiary alicyclic amines) is 1. The van der Waals surface area contributed by atoms with Crippen molar-refractivity contribution >= 4 is 17.8 Å². The highest BCUT2D eigenvalue weighted by Crippen LogP contribution is 2.37. The van der Waals surface area contributed by atoms with Gasteiger partial charge in [-0.3, -0.25) is 14.4 Å². The molecular formula is C16H23F3N2O4. The molecule has 0 aromatic carbocycles. The van der Waals surface area contributed by atoms with Gasteiger partial charge in [-0.25, -0.2) is 0 Å². The number of carbonyl (C=O) groups excluding carboxylic acids is 2. The number of carboxylic acid groups (broad SMARTS) is 1. The van der Waals surface area contributed by atoms with Crippen LogP contribution in [0.4, 0.5) is 13.2 Å². The maximum Gasteiger partial charge on any atom is 0.394 e. The molecule has 0 radical (unpaired) electrons. The van der Waals surface area contributed by atoms with Crippen LogP contribution in [0.3, 0.4) is 0 Å². The second kappa shape index (κ2) is 8.05. The van der Waals surface area contributed by atoms with Crippen LogP contribution in [-0.2, 0) is 14.4 Å². The average Bonchev–Trinajstić information content (AvgIpc) is 3.18. The summed E-state index contributed by atoms with van der Waals surface area (Å²) in [5, 5.41) is 11.4. The molecule has 2 N–H and O–H groups in total. The van der Waals surface area contributed by atoms with Gasteiger partial charge < -0.3 is 15.3 Å². The Kier molecular flexibility index (Phi) is 6.29. The quantitative estimate of drug-likeness (QED) is 0.752. The first kappa shape index (κ1) is 19.5. The van der Waals surface area contributed by atoms with Gasteiger partial charge >= 0.3 is 12.1 Å². The fourth-order valence-corrected chi connectivity index (χ4v) is 3.60. The Morgan fingerprint density at radius 2 is 1.76 bits per heavy atom. The molecule has 0 spiro atoms. The van der Waals surface area contributed by atoms with Crippen LogP contribution in [0.15, 0.2) is 0 Å². The van der Waals surface area contributed by atoms with Gasteiger partial charge in [0, 0.05) is 19.5 Å². The number of halogens is 3. The Balaban J connectivity index is 1.78. The number of alkyl halides is 3. The highest BCUT2D eigenvalue weighted by atomic mass is 19.4. The predicted octanol–water partition coefficient (Wildman–Crippen LogP) is 1.79. The number of nitrogens with zero attached hydrogens (tertiary/aromatic N) is 1. The van der Waals surface area contributed by atoms with E-state index in [1.165, 1.54) is 12.8 Å². The van der Waals surface area contributed by atoms with Crippen molar-refractivity contribution in [3.63, 3.8) is 0 Å². The van der Waals surface area contributed by atoms with Gasteiger partial charge in [-0.1, -0.05) is 25.7 Å². The lowest BCUT2D eigenvalue weighted by molar-refractivity contribution is -0.188. The van der Waals surface area contributed by atoms with E-state index in [0.29, 0.717) is 12.3 Å². The Morgan fingerprint density at radius 3 is 2.28 bits per heavy atom. The van der Waals surface area contributed by atoms with Crippen molar-refractivity contribution in [3.8, 4) is 0 Å². The van der Waals surface area contributed by atoms with E-state index in [1.54, 1.807) is 0 Å². The molecule has 1 heterocycles. The van der Waals surface area contributed by atoms with E-state index in [4.69, 9.17) is 5.11 Å². The van der Waals surface area contributed by atoms with E-state index in [2.05, 4.69) is 5.32 Å². The third kappa shape index (κ3) is 5.34. The van der Waals surface area contributed by atoms with Crippen LogP contribution < -0.4 is 5.32 Å². The highest BCUT2D eigenvalue weighted by Gasteiger charge is 2.53. The smallest absolute Gasteiger partial charge is 0.394 e. The average molecular weight is 364 g/mol. The Labute approximate surface area is 143 Å². The number of amides is 2. The van der Waals surface area contributed by atoms with Crippen molar-refractivity contribution in [1.29, 1.82) is 0 Å². The number of hydrogen-bond acceptors (Lipinski definition) is 3. The molecule has 2 aliphatic rings. The summed E-state index contributed by atoms with van der Waals surface area (Å²) in [6, 6.07) is 0. The molecule has 9 heteroatoms. The zero-order valence-electron chi connectivity index (χ0n) is 13.8. The van der Waals surface area contributed by atoms with E-state index >= 15 is 0 Å². The molecule has 1 aliphatic heterocycles. The van der Waals surface area contributed by atoms with Gasteiger partial charge in [-0.2, -0.15) is 13.2 Å². The van der Waals surface area contributed by atoms with Crippen LogP contribution in [0, 0.1) is 17.8 Å². The molecule has 0 unspecified atom stereocenters. The van der Waals surface area contributed by atoms with Crippen LogP contribution in [0.1, 0.15) is 38.5 Å². The van der Waals surface area contributed by atoms with Crippen LogP contribution in [0.25, 0.3) is 0 Å². The summed E-state index contributed by atoms with van der Waals surface area (Å²) in [7, 11) is 0. The molecule has 6 nitrogen and oxygen atoms in total. The highest BCUT2D eigenvalue weighted by molar-refractivity contribution is 5.85. The van der Waals surface area contributed by atoms with Gasteiger partial charge in [0.1, 0.15) is 0 Å². The lowest BCUT2D eigenvalue weighted by Crippen LogP contribution is -2.40. The largest absolute Gasteiger partial charge is 0.481 e. The monoisotopic (exact) mass is 364 g/mol. The second-order valence-electron chi connectivity index (χ2n) is 6.86. The van der Waals surface area contributed by atoms with Crippen LogP contribution in [-0.4, -0.2) is 53.6 Å². The summed E-state index contributed by atoms with van der Waals surface area (Å²) < 4.78 is 38.7.